The third-order valence-electron chi connectivity index (χ3n) is 4.51. The number of nitrogens with one attached hydrogen (secondary N) is 1. The molecule has 1 aromatic carbocycles. The molecule has 4 rings (SSSR count). The lowest BCUT2D eigenvalue weighted by atomic mass is 10.2. The Morgan fingerprint density at radius 2 is 2.10 bits per heavy atom. The first-order chi connectivity index (χ1) is 14.2. The Kier molecular flexibility index (Phi) is 5.44. The molecule has 1 amide bonds. The summed E-state index contributed by atoms with van der Waals surface area (Å²) >= 11 is 1.48. The first-order valence-corrected chi connectivity index (χ1v) is 10.1. The Morgan fingerprint density at radius 1 is 1.28 bits per heavy atom. The predicted octanol–water partition coefficient (Wildman–Crippen LogP) is 4.09. The minimum Gasteiger partial charge on any atom is -0.497 e. The smallest absolute Gasteiger partial charge is 0.255 e. The van der Waals surface area contributed by atoms with Crippen LogP contribution < -0.4 is 10.1 Å². The topological polar surface area (TPSA) is 82.2 Å². The summed E-state index contributed by atoms with van der Waals surface area (Å²) in [6, 6.07) is 11.4. The van der Waals surface area contributed by atoms with Crippen LogP contribution >= 0.6 is 11.3 Å². The average molecular weight is 408 g/mol. The van der Waals surface area contributed by atoms with E-state index in [1.165, 1.54) is 11.3 Å². The molecule has 0 saturated carbocycles. The van der Waals surface area contributed by atoms with E-state index in [1.807, 2.05) is 42.6 Å². The van der Waals surface area contributed by atoms with Gasteiger partial charge in [-0.1, -0.05) is 6.92 Å². The zero-order valence-corrected chi connectivity index (χ0v) is 16.9. The molecule has 0 radical (unpaired) electrons. The maximum Gasteiger partial charge on any atom is 0.255 e. The van der Waals surface area contributed by atoms with Crippen LogP contribution in [0, 0.1) is 0 Å². The molecule has 0 fully saturated rings. The molecule has 0 aliphatic carbocycles. The van der Waals surface area contributed by atoms with E-state index >= 15 is 0 Å². The zero-order chi connectivity index (χ0) is 20.2. The van der Waals surface area contributed by atoms with E-state index in [1.54, 1.807) is 30.3 Å². The van der Waals surface area contributed by atoms with Crippen molar-refractivity contribution in [2.75, 3.05) is 7.11 Å². The molecule has 3 heterocycles. The molecule has 0 aliphatic heterocycles. The third-order valence-corrected chi connectivity index (χ3v) is 5.33. The highest BCUT2D eigenvalue weighted by Gasteiger charge is 2.19. The van der Waals surface area contributed by atoms with E-state index in [9.17, 15) is 4.79 Å². The van der Waals surface area contributed by atoms with E-state index in [4.69, 9.17) is 14.1 Å². The Hall–Kier alpha value is -3.39. The molecule has 0 unspecified atom stereocenters. The number of rotatable bonds is 7. The van der Waals surface area contributed by atoms with Crippen molar-refractivity contribution in [3.8, 4) is 22.1 Å². The van der Waals surface area contributed by atoms with Gasteiger partial charge in [-0.15, -0.1) is 11.3 Å². The summed E-state index contributed by atoms with van der Waals surface area (Å²) in [4.78, 5) is 17.3. The number of benzene rings is 1. The van der Waals surface area contributed by atoms with Crippen LogP contribution in [0.25, 0.3) is 16.4 Å². The molecule has 3 aromatic heterocycles. The fraction of sp³-hybridized carbons (Fsp3) is 0.190. The molecule has 1 N–H and O–H groups in total. The molecular weight excluding hydrogens is 388 g/mol. The largest absolute Gasteiger partial charge is 0.497 e. The zero-order valence-electron chi connectivity index (χ0n) is 16.1. The van der Waals surface area contributed by atoms with Gasteiger partial charge >= 0.3 is 0 Å². The standard InChI is InChI=1S/C21H20N4O3S/c1-3-19-17(20(26)22-11-16-5-4-10-28-16)12-23-25(19)21-24-18(13-29-21)14-6-8-15(27-2)9-7-14/h4-10,12-13H,3,11H2,1-2H3,(H,22,26). The summed E-state index contributed by atoms with van der Waals surface area (Å²) in [6.45, 7) is 2.33. The molecule has 7 nitrogen and oxygen atoms in total. The Morgan fingerprint density at radius 3 is 2.79 bits per heavy atom. The molecule has 29 heavy (non-hydrogen) atoms. The third kappa shape index (κ3) is 3.93. The van der Waals surface area contributed by atoms with Crippen LogP contribution in [0.3, 0.4) is 0 Å². The van der Waals surface area contributed by atoms with E-state index in [-0.39, 0.29) is 5.91 Å². The normalized spacial score (nSPS) is 10.8. The van der Waals surface area contributed by atoms with Gasteiger partial charge in [-0.25, -0.2) is 9.67 Å². The van der Waals surface area contributed by atoms with Crippen molar-refractivity contribution in [2.45, 2.75) is 19.9 Å². The van der Waals surface area contributed by atoms with Gasteiger partial charge in [-0.05, 0) is 42.8 Å². The van der Waals surface area contributed by atoms with Gasteiger partial charge in [0, 0.05) is 10.9 Å². The Balaban J connectivity index is 1.56. The SMILES string of the molecule is CCc1c(C(=O)NCc2ccco2)cnn1-c1nc(-c2ccc(OC)cc2)cs1. The van der Waals surface area contributed by atoms with Crippen LogP contribution in [0.5, 0.6) is 5.75 Å². The van der Waals surface area contributed by atoms with Gasteiger partial charge < -0.3 is 14.5 Å². The van der Waals surface area contributed by atoms with Crippen LogP contribution in [-0.2, 0) is 13.0 Å². The molecule has 0 atom stereocenters. The molecular formula is C21H20N4O3S. The maximum absolute atomic E-state index is 12.6. The van der Waals surface area contributed by atoms with Crippen molar-refractivity contribution in [3.05, 3.63) is 71.3 Å². The number of carbonyl (C=O) groups excluding carboxylic acids is 1. The molecule has 0 spiro atoms. The number of aromatic nitrogens is 3. The second kappa shape index (κ2) is 8.32. The first-order valence-electron chi connectivity index (χ1n) is 9.17. The molecule has 0 aliphatic rings. The van der Waals surface area contributed by atoms with Crippen LogP contribution in [0.1, 0.15) is 28.7 Å². The van der Waals surface area contributed by atoms with Crippen molar-refractivity contribution in [2.24, 2.45) is 0 Å². The van der Waals surface area contributed by atoms with Crippen LogP contribution in [0.4, 0.5) is 0 Å². The summed E-state index contributed by atoms with van der Waals surface area (Å²) in [5, 5.41) is 9.99. The monoisotopic (exact) mass is 408 g/mol. The average Bonchev–Trinajstić information content (AvgIpc) is 3.52. The number of nitrogens with zero attached hydrogens (tertiary/aromatic N) is 3. The van der Waals surface area contributed by atoms with Crippen molar-refractivity contribution >= 4 is 17.2 Å². The summed E-state index contributed by atoms with van der Waals surface area (Å²) in [6.07, 6.45) is 3.82. The van der Waals surface area contributed by atoms with Crippen LogP contribution in [0.2, 0.25) is 0 Å². The van der Waals surface area contributed by atoms with Gasteiger partial charge in [0.25, 0.3) is 5.91 Å². The summed E-state index contributed by atoms with van der Waals surface area (Å²) in [5.74, 6) is 1.32. The van der Waals surface area contributed by atoms with E-state index in [0.29, 0.717) is 24.3 Å². The van der Waals surface area contributed by atoms with Gasteiger partial charge in [0.1, 0.15) is 11.5 Å². The number of methoxy groups -OCH3 is 1. The number of carbonyl (C=O) groups is 1. The van der Waals surface area contributed by atoms with Crippen molar-refractivity contribution in [1.29, 1.82) is 0 Å². The number of hydrogen-bond donors (Lipinski definition) is 1. The second-order valence-electron chi connectivity index (χ2n) is 6.28. The van der Waals surface area contributed by atoms with Crippen LogP contribution in [-0.4, -0.2) is 27.8 Å². The summed E-state index contributed by atoms with van der Waals surface area (Å²) < 4.78 is 12.2. The van der Waals surface area contributed by atoms with Gasteiger partial charge in [0.05, 0.1) is 43.1 Å². The molecule has 4 aromatic rings. The summed E-state index contributed by atoms with van der Waals surface area (Å²) in [7, 11) is 1.64. The lowest BCUT2D eigenvalue weighted by molar-refractivity contribution is 0.0947. The summed E-state index contributed by atoms with van der Waals surface area (Å²) in [5.41, 5.74) is 3.21. The quantitative estimate of drug-likeness (QED) is 0.498. The fourth-order valence-corrected chi connectivity index (χ4v) is 3.81. The number of amides is 1. The number of thiazole rings is 1. The van der Waals surface area contributed by atoms with Gasteiger partial charge in [0.15, 0.2) is 0 Å². The second-order valence-corrected chi connectivity index (χ2v) is 7.11. The molecule has 0 saturated heterocycles. The predicted molar refractivity (Wildman–Crippen MR) is 110 cm³/mol. The number of hydrogen-bond acceptors (Lipinski definition) is 6. The lowest BCUT2D eigenvalue weighted by Gasteiger charge is -2.06. The molecule has 0 bridgehead atoms. The minimum atomic E-state index is -0.184. The van der Waals surface area contributed by atoms with Crippen molar-refractivity contribution in [3.63, 3.8) is 0 Å². The fourth-order valence-electron chi connectivity index (χ4n) is 3.00. The van der Waals surface area contributed by atoms with Gasteiger partial charge in [0.2, 0.25) is 5.13 Å². The van der Waals surface area contributed by atoms with Crippen molar-refractivity contribution in [1.82, 2.24) is 20.1 Å². The minimum absolute atomic E-state index is 0.184. The highest BCUT2D eigenvalue weighted by molar-refractivity contribution is 7.12. The van der Waals surface area contributed by atoms with Crippen molar-refractivity contribution < 1.29 is 13.9 Å². The number of furan rings is 1. The Labute approximate surface area is 172 Å². The number of ether oxygens (including phenoxy) is 1. The van der Waals surface area contributed by atoms with Gasteiger partial charge in [-0.3, -0.25) is 4.79 Å². The highest BCUT2D eigenvalue weighted by atomic mass is 32.1. The molecule has 148 valence electrons. The van der Waals surface area contributed by atoms with E-state index < -0.39 is 0 Å². The van der Waals surface area contributed by atoms with Gasteiger partial charge in [-0.2, -0.15) is 5.10 Å². The maximum atomic E-state index is 12.6. The van der Waals surface area contributed by atoms with E-state index in [0.717, 1.165) is 27.8 Å². The Bertz CT molecular complexity index is 1100. The lowest BCUT2D eigenvalue weighted by Crippen LogP contribution is -2.23. The molecule has 8 heteroatoms. The van der Waals surface area contributed by atoms with E-state index in [2.05, 4.69) is 10.4 Å². The first kappa shape index (κ1) is 18.9. The highest BCUT2D eigenvalue weighted by Crippen LogP contribution is 2.27. The van der Waals surface area contributed by atoms with Crippen LogP contribution in [0.15, 0.2) is 58.7 Å².